The summed E-state index contributed by atoms with van der Waals surface area (Å²) in [4.78, 5) is 12.7. The SMILES string of the molecule is CC(N)(C(=O)NC1CCOc2ccc(F)cc21)c1ccc(Br)cc1.Cl. The minimum Gasteiger partial charge on any atom is -0.493 e. The number of carbonyl (C=O) groups excluding carboxylic acids is 1. The Morgan fingerprint density at radius 1 is 1.32 bits per heavy atom. The molecule has 2 atom stereocenters. The summed E-state index contributed by atoms with van der Waals surface area (Å²) in [5.41, 5.74) is 6.42. The zero-order valence-corrected chi connectivity index (χ0v) is 16.0. The van der Waals surface area contributed by atoms with Crippen molar-refractivity contribution in [2.24, 2.45) is 5.73 Å². The minimum absolute atomic E-state index is 0. The Balaban J connectivity index is 0.00000225. The summed E-state index contributed by atoms with van der Waals surface area (Å²) >= 11 is 3.36. The van der Waals surface area contributed by atoms with Crippen LogP contribution in [0.2, 0.25) is 0 Å². The number of carbonyl (C=O) groups is 1. The van der Waals surface area contributed by atoms with Gasteiger partial charge < -0.3 is 15.8 Å². The second kappa shape index (κ2) is 7.72. The first-order valence-corrected chi connectivity index (χ1v) is 8.45. The Bertz CT molecular complexity index is 768. The number of ether oxygens (including phenoxy) is 1. The Labute approximate surface area is 160 Å². The molecule has 2 aromatic rings. The van der Waals surface area contributed by atoms with Crippen molar-refractivity contribution in [3.05, 3.63) is 63.9 Å². The van der Waals surface area contributed by atoms with Gasteiger partial charge in [-0.15, -0.1) is 12.4 Å². The molecule has 4 nitrogen and oxygen atoms in total. The predicted molar refractivity (Wildman–Crippen MR) is 100 cm³/mol. The summed E-state index contributed by atoms with van der Waals surface area (Å²) < 4.78 is 20.0. The zero-order valence-electron chi connectivity index (χ0n) is 13.6. The molecule has 7 heteroatoms. The number of nitrogens with one attached hydrogen (secondary N) is 1. The Morgan fingerprint density at radius 2 is 2.00 bits per heavy atom. The maximum Gasteiger partial charge on any atom is 0.244 e. The molecule has 3 N–H and O–H groups in total. The molecule has 25 heavy (non-hydrogen) atoms. The molecule has 0 radical (unpaired) electrons. The van der Waals surface area contributed by atoms with E-state index in [0.717, 1.165) is 4.47 Å². The van der Waals surface area contributed by atoms with Crippen LogP contribution in [0.25, 0.3) is 0 Å². The third-order valence-corrected chi connectivity index (χ3v) is 4.76. The lowest BCUT2D eigenvalue weighted by atomic mass is 9.91. The second-order valence-electron chi connectivity index (χ2n) is 6.05. The Morgan fingerprint density at radius 3 is 2.68 bits per heavy atom. The van der Waals surface area contributed by atoms with Crippen molar-refractivity contribution < 1.29 is 13.9 Å². The fraction of sp³-hybridized carbons (Fsp3) is 0.278. The summed E-state index contributed by atoms with van der Waals surface area (Å²) in [6.07, 6.45) is 0.568. The van der Waals surface area contributed by atoms with Gasteiger partial charge in [-0.25, -0.2) is 4.39 Å². The zero-order chi connectivity index (χ0) is 17.3. The van der Waals surface area contributed by atoms with Gasteiger partial charge in [0.2, 0.25) is 5.91 Å². The van der Waals surface area contributed by atoms with Crippen molar-refractivity contribution in [1.29, 1.82) is 0 Å². The molecule has 0 saturated carbocycles. The van der Waals surface area contributed by atoms with E-state index in [1.54, 1.807) is 25.1 Å². The molecule has 1 aliphatic heterocycles. The molecular weight excluding hydrogens is 411 g/mol. The van der Waals surface area contributed by atoms with Gasteiger partial charge in [-0.2, -0.15) is 0 Å². The van der Waals surface area contributed by atoms with E-state index in [1.807, 2.05) is 12.1 Å². The van der Waals surface area contributed by atoms with Crippen molar-refractivity contribution in [1.82, 2.24) is 5.32 Å². The molecule has 2 aromatic carbocycles. The summed E-state index contributed by atoms with van der Waals surface area (Å²) in [5.74, 6) is -0.0795. The van der Waals surface area contributed by atoms with Crippen LogP contribution in [0.3, 0.4) is 0 Å². The van der Waals surface area contributed by atoms with Gasteiger partial charge in [-0.1, -0.05) is 28.1 Å². The van der Waals surface area contributed by atoms with E-state index in [1.165, 1.54) is 12.1 Å². The first-order valence-electron chi connectivity index (χ1n) is 7.66. The molecule has 1 aliphatic rings. The van der Waals surface area contributed by atoms with Crippen LogP contribution in [0, 0.1) is 5.82 Å². The highest BCUT2D eigenvalue weighted by Crippen LogP contribution is 2.33. The van der Waals surface area contributed by atoms with Gasteiger partial charge in [-0.3, -0.25) is 4.79 Å². The molecule has 0 bridgehead atoms. The molecule has 0 fully saturated rings. The molecular formula is C18H19BrClFN2O2. The number of amides is 1. The van der Waals surface area contributed by atoms with Gasteiger partial charge in [0.25, 0.3) is 0 Å². The number of rotatable bonds is 3. The third-order valence-electron chi connectivity index (χ3n) is 4.23. The van der Waals surface area contributed by atoms with E-state index >= 15 is 0 Å². The molecule has 1 amide bonds. The largest absolute Gasteiger partial charge is 0.493 e. The van der Waals surface area contributed by atoms with Gasteiger partial charge >= 0.3 is 0 Å². The number of nitrogens with two attached hydrogens (primary N) is 1. The van der Waals surface area contributed by atoms with Crippen LogP contribution in [0.15, 0.2) is 46.9 Å². The first-order chi connectivity index (χ1) is 11.4. The summed E-state index contributed by atoms with van der Waals surface area (Å²) in [7, 11) is 0. The fourth-order valence-electron chi connectivity index (χ4n) is 2.75. The molecule has 134 valence electrons. The highest BCUT2D eigenvalue weighted by molar-refractivity contribution is 9.10. The smallest absolute Gasteiger partial charge is 0.244 e. The monoisotopic (exact) mass is 428 g/mol. The van der Waals surface area contributed by atoms with Gasteiger partial charge in [0.1, 0.15) is 17.1 Å². The third kappa shape index (κ3) is 4.14. The Kier molecular flexibility index (Phi) is 6.08. The number of fused-ring (bicyclic) bond motifs is 1. The van der Waals surface area contributed by atoms with Crippen molar-refractivity contribution in [2.45, 2.75) is 24.9 Å². The van der Waals surface area contributed by atoms with Crippen LogP contribution in [-0.4, -0.2) is 12.5 Å². The predicted octanol–water partition coefficient (Wildman–Crippen LogP) is 3.82. The van der Waals surface area contributed by atoms with E-state index in [2.05, 4.69) is 21.2 Å². The minimum atomic E-state index is -1.19. The number of hydrogen-bond donors (Lipinski definition) is 2. The number of hydrogen-bond acceptors (Lipinski definition) is 3. The Hall–Kier alpha value is -1.63. The lowest BCUT2D eigenvalue weighted by Gasteiger charge is -2.31. The van der Waals surface area contributed by atoms with Crippen LogP contribution in [0.5, 0.6) is 5.75 Å². The maximum atomic E-state index is 13.5. The van der Waals surface area contributed by atoms with E-state index in [9.17, 15) is 9.18 Å². The lowest BCUT2D eigenvalue weighted by Crippen LogP contribution is -2.50. The molecule has 0 saturated heterocycles. The number of benzene rings is 2. The van der Waals surface area contributed by atoms with Gasteiger partial charge in [0.15, 0.2) is 0 Å². The molecule has 1 heterocycles. The second-order valence-corrected chi connectivity index (χ2v) is 6.97. The van der Waals surface area contributed by atoms with Crippen LogP contribution in [0.1, 0.15) is 30.5 Å². The first kappa shape index (κ1) is 19.7. The van der Waals surface area contributed by atoms with Crippen molar-refractivity contribution in [3.8, 4) is 5.75 Å². The van der Waals surface area contributed by atoms with Crippen molar-refractivity contribution >= 4 is 34.2 Å². The van der Waals surface area contributed by atoms with Crippen molar-refractivity contribution in [2.75, 3.05) is 6.61 Å². The van der Waals surface area contributed by atoms with Gasteiger partial charge in [-0.05, 0) is 42.8 Å². The van der Waals surface area contributed by atoms with Gasteiger partial charge in [0.05, 0.1) is 12.6 Å². The van der Waals surface area contributed by atoms with Gasteiger partial charge in [0, 0.05) is 16.5 Å². The quantitative estimate of drug-likeness (QED) is 0.779. The van der Waals surface area contributed by atoms with E-state index in [4.69, 9.17) is 10.5 Å². The van der Waals surface area contributed by atoms with E-state index in [-0.39, 0.29) is 30.2 Å². The maximum absolute atomic E-state index is 13.5. The van der Waals surface area contributed by atoms with E-state index in [0.29, 0.717) is 29.9 Å². The molecule has 3 rings (SSSR count). The standard InChI is InChI=1S/C18H18BrFN2O2.ClH/c1-18(21,11-2-4-12(19)5-3-11)17(23)22-15-8-9-24-16-7-6-13(20)10-14(15)16;/h2-7,10,15H,8-9,21H2,1H3,(H,22,23);1H. The van der Waals surface area contributed by atoms with Crippen LogP contribution in [-0.2, 0) is 10.3 Å². The summed E-state index contributed by atoms with van der Waals surface area (Å²) in [5, 5.41) is 2.93. The molecule has 0 aliphatic carbocycles. The summed E-state index contributed by atoms with van der Waals surface area (Å²) in [6, 6.07) is 11.3. The van der Waals surface area contributed by atoms with Crippen LogP contribution < -0.4 is 15.8 Å². The lowest BCUT2D eigenvalue weighted by molar-refractivity contribution is -0.127. The van der Waals surface area contributed by atoms with E-state index < -0.39 is 5.54 Å². The average molecular weight is 430 g/mol. The highest BCUT2D eigenvalue weighted by atomic mass is 79.9. The summed E-state index contributed by atoms with van der Waals surface area (Å²) in [6.45, 7) is 2.13. The van der Waals surface area contributed by atoms with Crippen LogP contribution >= 0.6 is 28.3 Å². The molecule has 0 spiro atoms. The van der Waals surface area contributed by atoms with Crippen LogP contribution in [0.4, 0.5) is 4.39 Å². The van der Waals surface area contributed by atoms with Crippen molar-refractivity contribution in [3.63, 3.8) is 0 Å². The molecule has 2 unspecified atom stereocenters. The fourth-order valence-corrected chi connectivity index (χ4v) is 3.01. The molecule has 0 aromatic heterocycles. The highest BCUT2D eigenvalue weighted by Gasteiger charge is 2.33. The number of halogens is 3. The normalized spacial score (nSPS) is 18.2. The topological polar surface area (TPSA) is 64.4 Å². The average Bonchev–Trinajstić information content (AvgIpc) is 2.55.